The Labute approximate surface area is 152 Å². The Morgan fingerprint density at radius 1 is 0.800 bits per heavy atom. The third kappa shape index (κ3) is 4.31. The SMILES string of the molecule is Cc1ccc(NC(=S)Nc2ccccc2C(=O)c2ccccc2)cc1. The molecule has 0 amide bonds. The summed E-state index contributed by atoms with van der Waals surface area (Å²) in [7, 11) is 0. The van der Waals surface area contributed by atoms with E-state index in [1.807, 2.05) is 79.7 Å². The molecule has 0 aliphatic carbocycles. The summed E-state index contributed by atoms with van der Waals surface area (Å²) >= 11 is 5.38. The fourth-order valence-corrected chi connectivity index (χ4v) is 2.68. The predicted molar refractivity (Wildman–Crippen MR) is 107 cm³/mol. The van der Waals surface area contributed by atoms with Crippen molar-refractivity contribution in [3.8, 4) is 0 Å². The van der Waals surface area contributed by atoms with Gasteiger partial charge in [0.25, 0.3) is 0 Å². The van der Waals surface area contributed by atoms with E-state index in [4.69, 9.17) is 12.2 Å². The quantitative estimate of drug-likeness (QED) is 0.513. The lowest BCUT2D eigenvalue weighted by molar-refractivity contribution is 0.103. The number of carbonyl (C=O) groups is 1. The van der Waals surface area contributed by atoms with Crippen molar-refractivity contribution in [3.63, 3.8) is 0 Å². The molecule has 0 saturated heterocycles. The number of benzene rings is 3. The summed E-state index contributed by atoms with van der Waals surface area (Å²) in [6.45, 7) is 2.03. The van der Waals surface area contributed by atoms with Gasteiger partial charge in [0.1, 0.15) is 0 Å². The molecule has 3 nitrogen and oxygen atoms in total. The molecule has 3 rings (SSSR count). The lowest BCUT2D eigenvalue weighted by Gasteiger charge is -2.14. The van der Waals surface area contributed by atoms with Gasteiger partial charge in [-0.3, -0.25) is 4.79 Å². The van der Waals surface area contributed by atoms with Crippen LogP contribution in [-0.4, -0.2) is 10.9 Å². The third-order valence-electron chi connectivity index (χ3n) is 3.77. The van der Waals surface area contributed by atoms with Gasteiger partial charge in [-0.05, 0) is 43.4 Å². The van der Waals surface area contributed by atoms with Gasteiger partial charge in [-0.2, -0.15) is 0 Å². The average Bonchev–Trinajstić information content (AvgIpc) is 2.64. The molecule has 0 spiro atoms. The van der Waals surface area contributed by atoms with Gasteiger partial charge in [0.2, 0.25) is 0 Å². The third-order valence-corrected chi connectivity index (χ3v) is 3.97. The van der Waals surface area contributed by atoms with Crippen molar-refractivity contribution in [2.45, 2.75) is 6.92 Å². The maximum Gasteiger partial charge on any atom is 0.195 e. The van der Waals surface area contributed by atoms with E-state index < -0.39 is 0 Å². The molecular weight excluding hydrogens is 328 g/mol. The molecule has 0 atom stereocenters. The number of anilines is 2. The first-order valence-electron chi connectivity index (χ1n) is 7.97. The molecule has 0 unspecified atom stereocenters. The monoisotopic (exact) mass is 346 g/mol. The molecule has 124 valence electrons. The molecule has 25 heavy (non-hydrogen) atoms. The van der Waals surface area contributed by atoms with Crippen molar-refractivity contribution in [1.29, 1.82) is 0 Å². The van der Waals surface area contributed by atoms with Gasteiger partial charge in [-0.25, -0.2) is 0 Å². The highest BCUT2D eigenvalue weighted by molar-refractivity contribution is 7.80. The number of aryl methyl sites for hydroxylation is 1. The highest BCUT2D eigenvalue weighted by Gasteiger charge is 2.13. The number of hydrogen-bond acceptors (Lipinski definition) is 2. The fraction of sp³-hybridized carbons (Fsp3) is 0.0476. The first kappa shape index (κ1) is 16.9. The first-order chi connectivity index (χ1) is 12.1. The first-order valence-corrected chi connectivity index (χ1v) is 8.38. The summed E-state index contributed by atoms with van der Waals surface area (Å²) in [6, 6.07) is 24.5. The molecule has 0 aromatic heterocycles. The van der Waals surface area contributed by atoms with Gasteiger partial charge >= 0.3 is 0 Å². The molecule has 0 fully saturated rings. The highest BCUT2D eigenvalue weighted by atomic mass is 32.1. The lowest BCUT2D eigenvalue weighted by Crippen LogP contribution is -2.20. The topological polar surface area (TPSA) is 41.1 Å². The molecule has 3 aromatic rings. The van der Waals surface area contributed by atoms with Gasteiger partial charge in [0.05, 0.1) is 5.69 Å². The Balaban J connectivity index is 1.78. The summed E-state index contributed by atoms with van der Waals surface area (Å²) in [5.74, 6) is -0.0400. The van der Waals surface area contributed by atoms with Crippen LogP contribution in [0.4, 0.5) is 11.4 Å². The molecule has 0 radical (unpaired) electrons. The number of hydrogen-bond donors (Lipinski definition) is 2. The van der Waals surface area contributed by atoms with E-state index >= 15 is 0 Å². The van der Waals surface area contributed by atoms with Gasteiger partial charge in [-0.15, -0.1) is 0 Å². The summed E-state index contributed by atoms with van der Waals surface area (Å²) in [5, 5.41) is 6.70. The molecule has 2 N–H and O–H groups in total. The van der Waals surface area contributed by atoms with E-state index in [0.29, 0.717) is 21.9 Å². The summed E-state index contributed by atoms with van der Waals surface area (Å²) in [6.07, 6.45) is 0. The normalized spacial score (nSPS) is 10.1. The number of rotatable bonds is 4. The largest absolute Gasteiger partial charge is 0.332 e. The van der Waals surface area contributed by atoms with Crippen LogP contribution < -0.4 is 10.6 Å². The van der Waals surface area contributed by atoms with Crippen molar-refractivity contribution in [1.82, 2.24) is 0 Å². The van der Waals surface area contributed by atoms with E-state index in [2.05, 4.69) is 10.6 Å². The van der Waals surface area contributed by atoms with Gasteiger partial charge in [0.15, 0.2) is 10.9 Å². The molecule has 0 aliphatic rings. The van der Waals surface area contributed by atoms with Crippen LogP contribution >= 0.6 is 12.2 Å². The van der Waals surface area contributed by atoms with Gasteiger partial charge in [-0.1, -0.05) is 60.2 Å². The Morgan fingerprint density at radius 2 is 1.44 bits per heavy atom. The molecule has 4 heteroatoms. The van der Waals surface area contributed by atoms with E-state index in [1.54, 1.807) is 6.07 Å². The van der Waals surface area contributed by atoms with Crippen LogP contribution in [0.25, 0.3) is 0 Å². The van der Waals surface area contributed by atoms with E-state index in [0.717, 1.165) is 5.69 Å². The summed E-state index contributed by atoms with van der Waals surface area (Å²) < 4.78 is 0. The van der Waals surface area contributed by atoms with Crippen molar-refractivity contribution in [3.05, 3.63) is 95.6 Å². The zero-order valence-electron chi connectivity index (χ0n) is 13.8. The number of nitrogens with one attached hydrogen (secondary N) is 2. The lowest BCUT2D eigenvalue weighted by atomic mass is 10.0. The molecule has 0 bridgehead atoms. The van der Waals surface area contributed by atoms with Crippen LogP contribution in [0, 0.1) is 6.92 Å². The number of para-hydroxylation sites is 1. The second-order valence-corrected chi connectivity index (χ2v) is 6.09. The standard InChI is InChI=1S/C21H18N2OS/c1-15-11-13-17(14-12-15)22-21(25)23-19-10-6-5-9-18(19)20(24)16-7-3-2-4-8-16/h2-14H,1H3,(H2,22,23,25). The van der Waals surface area contributed by atoms with Crippen LogP contribution in [-0.2, 0) is 0 Å². The predicted octanol–water partition coefficient (Wildman–Crippen LogP) is 5.03. The highest BCUT2D eigenvalue weighted by Crippen LogP contribution is 2.20. The molecule has 0 saturated carbocycles. The van der Waals surface area contributed by atoms with Gasteiger partial charge in [0, 0.05) is 16.8 Å². The summed E-state index contributed by atoms with van der Waals surface area (Å²) in [4.78, 5) is 12.7. The van der Waals surface area contributed by atoms with Crippen molar-refractivity contribution < 1.29 is 4.79 Å². The van der Waals surface area contributed by atoms with Gasteiger partial charge < -0.3 is 10.6 Å². The maximum absolute atomic E-state index is 12.7. The van der Waals surface area contributed by atoms with Crippen LogP contribution in [0.3, 0.4) is 0 Å². The Hall–Kier alpha value is -2.98. The number of thiocarbonyl (C=S) groups is 1. The second-order valence-electron chi connectivity index (χ2n) is 5.69. The average molecular weight is 346 g/mol. The molecule has 0 heterocycles. The Morgan fingerprint density at radius 3 is 2.16 bits per heavy atom. The van der Waals surface area contributed by atoms with Crippen LogP contribution in [0.2, 0.25) is 0 Å². The molecule has 3 aromatic carbocycles. The van der Waals surface area contributed by atoms with Crippen LogP contribution in [0.1, 0.15) is 21.5 Å². The van der Waals surface area contributed by atoms with Crippen molar-refractivity contribution in [2.75, 3.05) is 10.6 Å². The van der Waals surface area contributed by atoms with Crippen molar-refractivity contribution >= 4 is 34.5 Å². The van der Waals surface area contributed by atoms with E-state index in [9.17, 15) is 4.79 Å². The molecular formula is C21H18N2OS. The summed E-state index contributed by atoms with van der Waals surface area (Å²) in [5.41, 5.74) is 4.00. The minimum absolute atomic E-state index is 0.0400. The minimum atomic E-state index is -0.0400. The smallest absolute Gasteiger partial charge is 0.195 e. The Bertz CT molecular complexity index is 889. The van der Waals surface area contributed by atoms with E-state index in [1.165, 1.54) is 5.56 Å². The van der Waals surface area contributed by atoms with Crippen molar-refractivity contribution in [2.24, 2.45) is 0 Å². The fourth-order valence-electron chi connectivity index (χ4n) is 2.46. The minimum Gasteiger partial charge on any atom is -0.332 e. The van der Waals surface area contributed by atoms with E-state index in [-0.39, 0.29) is 5.78 Å². The number of carbonyl (C=O) groups excluding carboxylic acids is 1. The zero-order valence-corrected chi connectivity index (χ0v) is 14.6. The Kier molecular flexibility index (Phi) is 5.21. The van der Waals surface area contributed by atoms with Crippen LogP contribution in [0.15, 0.2) is 78.9 Å². The maximum atomic E-state index is 12.7. The van der Waals surface area contributed by atoms with Crippen LogP contribution in [0.5, 0.6) is 0 Å². The number of ketones is 1. The second kappa shape index (κ2) is 7.73. The molecule has 0 aliphatic heterocycles. The zero-order chi connectivity index (χ0) is 17.6.